The third kappa shape index (κ3) is 1.68. The predicted molar refractivity (Wildman–Crippen MR) is 75.2 cm³/mol. The topological polar surface area (TPSA) is 34.1 Å². The second kappa shape index (κ2) is 4.42. The summed E-state index contributed by atoms with van der Waals surface area (Å²) < 4.78 is 0. The van der Waals surface area contributed by atoms with Crippen molar-refractivity contribution in [1.29, 1.82) is 0 Å². The van der Waals surface area contributed by atoms with E-state index in [2.05, 4.69) is 25.8 Å². The van der Waals surface area contributed by atoms with Gasteiger partial charge in [-0.2, -0.15) is 0 Å². The summed E-state index contributed by atoms with van der Waals surface area (Å²) in [5.41, 5.74) is 2.18. The van der Waals surface area contributed by atoms with Gasteiger partial charge in [0.25, 0.3) is 0 Å². The first-order valence-electron chi connectivity index (χ1n) is 5.43. The maximum Gasteiger partial charge on any atom is 0.195 e. The lowest BCUT2D eigenvalue weighted by Crippen LogP contribution is -2.22. The van der Waals surface area contributed by atoms with Crippen molar-refractivity contribution in [2.75, 3.05) is 0 Å². The summed E-state index contributed by atoms with van der Waals surface area (Å²) >= 11 is 4.10. The van der Waals surface area contributed by atoms with Crippen LogP contribution < -0.4 is 0 Å². The Morgan fingerprint density at radius 3 is 2.50 bits per heavy atom. The molecule has 90 valence electrons. The third-order valence-corrected chi connectivity index (χ3v) is 3.20. The first-order valence-corrected chi connectivity index (χ1v) is 5.87. The standard InChI is InChI=1S/C15H12O2S/c1-4-10-13(9(3)18)15(17)11-7-5-6-8(2)12(11)14(10)16/h4-7,18H,1,3H2,2H3. The van der Waals surface area contributed by atoms with Crippen LogP contribution in [0.2, 0.25) is 0 Å². The highest BCUT2D eigenvalue weighted by atomic mass is 32.1. The van der Waals surface area contributed by atoms with Gasteiger partial charge in [-0.15, -0.1) is 12.6 Å². The average molecular weight is 256 g/mol. The molecule has 0 amide bonds. The van der Waals surface area contributed by atoms with Gasteiger partial charge >= 0.3 is 0 Å². The van der Waals surface area contributed by atoms with Crippen molar-refractivity contribution >= 4 is 24.2 Å². The van der Waals surface area contributed by atoms with E-state index in [0.717, 1.165) is 5.56 Å². The molecule has 0 fully saturated rings. The molecule has 18 heavy (non-hydrogen) atoms. The van der Waals surface area contributed by atoms with Crippen molar-refractivity contribution in [1.82, 2.24) is 0 Å². The number of fused-ring (bicyclic) bond motifs is 1. The number of Topliss-reactive ketones (excluding diaryl/α,β-unsaturated/α-hetero) is 2. The minimum atomic E-state index is -0.219. The molecule has 1 aromatic rings. The first-order chi connectivity index (χ1) is 8.49. The zero-order valence-corrected chi connectivity index (χ0v) is 10.9. The molecule has 2 rings (SSSR count). The van der Waals surface area contributed by atoms with Crippen molar-refractivity contribution in [3.63, 3.8) is 0 Å². The number of carbonyl (C=O) groups excluding carboxylic acids is 2. The van der Waals surface area contributed by atoms with Gasteiger partial charge in [0.05, 0.1) is 0 Å². The molecule has 0 saturated carbocycles. The summed E-state index contributed by atoms with van der Waals surface area (Å²) in [6.07, 6.45) is 1.40. The minimum Gasteiger partial charge on any atom is -0.289 e. The van der Waals surface area contributed by atoms with E-state index < -0.39 is 0 Å². The summed E-state index contributed by atoms with van der Waals surface area (Å²) in [5, 5.41) is 0. The molecule has 1 aliphatic rings. The van der Waals surface area contributed by atoms with Crippen LogP contribution in [0.3, 0.4) is 0 Å². The number of ketones is 2. The van der Waals surface area contributed by atoms with E-state index in [4.69, 9.17) is 0 Å². The van der Waals surface area contributed by atoms with Gasteiger partial charge in [-0.1, -0.05) is 37.4 Å². The van der Waals surface area contributed by atoms with Gasteiger partial charge < -0.3 is 0 Å². The van der Waals surface area contributed by atoms with E-state index >= 15 is 0 Å². The van der Waals surface area contributed by atoms with Gasteiger partial charge in [0, 0.05) is 27.2 Å². The molecule has 0 aromatic heterocycles. The largest absolute Gasteiger partial charge is 0.289 e. The zero-order chi connectivity index (χ0) is 13.4. The Morgan fingerprint density at radius 2 is 1.94 bits per heavy atom. The number of hydrogen-bond acceptors (Lipinski definition) is 3. The molecule has 3 heteroatoms. The molecule has 1 aliphatic carbocycles. The molecule has 0 N–H and O–H groups in total. The fourth-order valence-electron chi connectivity index (χ4n) is 2.14. The molecule has 0 aliphatic heterocycles. The molecule has 0 unspecified atom stereocenters. The van der Waals surface area contributed by atoms with E-state index in [0.29, 0.717) is 11.1 Å². The zero-order valence-electron chi connectivity index (χ0n) is 9.99. The van der Waals surface area contributed by atoms with Crippen molar-refractivity contribution in [3.05, 3.63) is 70.2 Å². The molecule has 0 atom stereocenters. The summed E-state index contributed by atoms with van der Waals surface area (Å²) in [4.78, 5) is 25.0. The Bertz CT molecular complexity index is 636. The quantitative estimate of drug-likeness (QED) is 0.824. The van der Waals surface area contributed by atoms with Crippen LogP contribution in [0.5, 0.6) is 0 Å². The fourth-order valence-corrected chi connectivity index (χ4v) is 2.37. The van der Waals surface area contributed by atoms with E-state index in [-0.39, 0.29) is 27.6 Å². The molecule has 0 bridgehead atoms. The van der Waals surface area contributed by atoms with Crippen molar-refractivity contribution in [2.45, 2.75) is 6.92 Å². The van der Waals surface area contributed by atoms with Gasteiger partial charge in [0.2, 0.25) is 0 Å². The molecule has 0 heterocycles. The normalized spacial score (nSPS) is 14.6. The Hall–Kier alpha value is -1.87. The Morgan fingerprint density at radius 1 is 1.28 bits per heavy atom. The maximum absolute atomic E-state index is 12.4. The van der Waals surface area contributed by atoms with Gasteiger partial charge in [-0.05, 0) is 12.5 Å². The van der Waals surface area contributed by atoms with Crippen LogP contribution in [-0.4, -0.2) is 11.6 Å². The van der Waals surface area contributed by atoms with Crippen LogP contribution in [0, 0.1) is 6.92 Å². The summed E-state index contributed by atoms with van der Waals surface area (Å²) in [7, 11) is 0. The number of hydrogen-bond donors (Lipinski definition) is 1. The van der Waals surface area contributed by atoms with Gasteiger partial charge in [0.15, 0.2) is 11.6 Å². The second-order valence-electron chi connectivity index (χ2n) is 4.10. The van der Waals surface area contributed by atoms with Crippen molar-refractivity contribution in [3.8, 4) is 0 Å². The number of rotatable bonds is 2. The first kappa shape index (κ1) is 12.6. The number of thiol groups is 1. The SMILES string of the molecule is C=CC1=C(C(=C)S)C(=O)c2cccc(C)c2C1=O. The predicted octanol–water partition coefficient (Wildman–Crippen LogP) is 3.30. The Kier molecular flexibility index (Phi) is 3.09. The highest BCUT2D eigenvalue weighted by Crippen LogP contribution is 2.32. The van der Waals surface area contributed by atoms with Crippen LogP contribution in [0.15, 0.2) is 53.5 Å². The molecule has 1 aromatic carbocycles. The lowest BCUT2D eigenvalue weighted by atomic mass is 9.82. The molecule has 2 nitrogen and oxygen atoms in total. The number of allylic oxidation sites excluding steroid dienone is 3. The molecule has 0 saturated heterocycles. The lowest BCUT2D eigenvalue weighted by molar-refractivity contribution is 0.0980. The van der Waals surface area contributed by atoms with Gasteiger partial charge in [-0.25, -0.2) is 0 Å². The van der Waals surface area contributed by atoms with E-state index in [1.807, 2.05) is 13.0 Å². The minimum absolute atomic E-state index is 0.192. The summed E-state index contributed by atoms with van der Waals surface area (Å²) in [6.45, 7) is 9.05. The van der Waals surface area contributed by atoms with Crippen LogP contribution in [0.4, 0.5) is 0 Å². The maximum atomic E-state index is 12.4. The molecular weight excluding hydrogens is 244 g/mol. The fraction of sp³-hybridized carbons (Fsp3) is 0.0667. The summed E-state index contributed by atoms with van der Waals surface area (Å²) in [5.74, 6) is -0.411. The molecule has 0 radical (unpaired) electrons. The number of benzene rings is 1. The van der Waals surface area contributed by atoms with Crippen molar-refractivity contribution in [2.24, 2.45) is 0 Å². The Balaban J connectivity index is 2.83. The highest BCUT2D eigenvalue weighted by molar-refractivity contribution is 7.84. The number of carbonyl (C=O) groups is 2. The summed E-state index contributed by atoms with van der Waals surface area (Å²) in [6, 6.07) is 5.22. The van der Waals surface area contributed by atoms with Crippen LogP contribution >= 0.6 is 12.6 Å². The smallest absolute Gasteiger partial charge is 0.195 e. The van der Waals surface area contributed by atoms with Gasteiger partial charge in [-0.3, -0.25) is 9.59 Å². The van der Waals surface area contributed by atoms with E-state index in [1.54, 1.807) is 12.1 Å². The third-order valence-electron chi connectivity index (χ3n) is 2.98. The second-order valence-corrected chi connectivity index (χ2v) is 4.64. The van der Waals surface area contributed by atoms with Crippen molar-refractivity contribution < 1.29 is 9.59 Å². The van der Waals surface area contributed by atoms with Crippen LogP contribution in [0.25, 0.3) is 0 Å². The lowest BCUT2D eigenvalue weighted by Gasteiger charge is -2.20. The van der Waals surface area contributed by atoms with Crippen LogP contribution in [0.1, 0.15) is 26.3 Å². The highest BCUT2D eigenvalue weighted by Gasteiger charge is 2.32. The number of aryl methyl sites for hydroxylation is 1. The monoisotopic (exact) mass is 256 g/mol. The van der Waals surface area contributed by atoms with Crippen LogP contribution in [-0.2, 0) is 0 Å². The van der Waals surface area contributed by atoms with E-state index in [9.17, 15) is 9.59 Å². The molecule has 0 spiro atoms. The van der Waals surface area contributed by atoms with E-state index in [1.165, 1.54) is 6.08 Å². The average Bonchev–Trinajstić information content (AvgIpc) is 2.32. The Labute approximate surface area is 111 Å². The van der Waals surface area contributed by atoms with Gasteiger partial charge in [0.1, 0.15) is 0 Å². The molecular formula is C15H12O2S.